The Balaban J connectivity index is 1.27. The SMILES string of the molecule is O=C1N[C@@H]([C@H](O)COC(c2ccccc2)(c2ccccc2)c2ccccc2)CN1C1CCCc2ccccc21. The summed E-state index contributed by atoms with van der Waals surface area (Å²) in [5.74, 6) is 0. The summed E-state index contributed by atoms with van der Waals surface area (Å²) in [7, 11) is 0. The first-order valence-corrected chi connectivity index (χ1v) is 13.8. The molecule has 198 valence electrons. The first-order valence-electron chi connectivity index (χ1n) is 13.8. The molecule has 0 saturated carbocycles. The number of nitrogens with one attached hydrogen (secondary N) is 1. The molecule has 3 atom stereocenters. The molecule has 1 fully saturated rings. The van der Waals surface area contributed by atoms with Crippen molar-refractivity contribution in [1.82, 2.24) is 10.2 Å². The fraction of sp³-hybridized carbons (Fsp3) is 0.265. The standard InChI is InChI=1S/C34H34N2O3/c37-32(30-23-36(33(38)35-30)31-22-12-14-25-13-10-11-21-29(25)31)24-39-34(26-15-4-1-5-16-26,27-17-6-2-7-18-27)28-19-8-3-9-20-28/h1-11,13,15-21,30-32,37H,12,14,22-24H2,(H,35,38)/t30-,31?,32-/m1/s1. The maximum absolute atomic E-state index is 13.1. The molecule has 5 heteroatoms. The third-order valence-electron chi connectivity index (χ3n) is 8.15. The number of aliphatic hydroxyl groups is 1. The third kappa shape index (κ3) is 4.84. The predicted octanol–water partition coefficient (Wildman–Crippen LogP) is 5.83. The number of carbonyl (C=O) groups excluding carboxylic acids is 1. The van der Waals surface area contributed by atoms with Gasteiger partial charge in [-0.25, -0.2) is 4.79 Å². The van der Waals surface area contributed by atoms with Crippen LogP contribution >= 0.6 is 0 Å². The van der Waals surface area contributed by atoms with Crippen molar-refractivity contribution in [2.75, 3.05) is 13.2 Å². The second-order valence-electron chi connectivity index (χ2n) is 10.5. The summed E-state index contributed by atoms with van der Waals surface area (Å²) in [5, 5.41) is 14.5. The van der Waals surface area contributed by atoms with Crippen LogP contribution in [0.25, 0.3) is 0 Å². The zero-order valence-corrected chi connectivity index (χ0v) is 21.9. The van der Waals surface area contributed by atoms with Crippen molar-refractivity contribution in [1.29, 1.82) is 0 Å². The van der Waals surface area contributed by atoms with Gasteiger partial charge in [0.05, 0.1) is 24.8 Å². The number of aryl methyl sites for hydroxylation is 1. The van der Waals surface area contributed by atoms with Gasteiger partial charge in [-0.3, -0.25) is 0 Å². The molecular weight excluding hydrogens is 484 g/mol. The van der Waals surface area contributed by atoms with Crippen molar-refractivity contribution in [2.24, 2.45) is 0 Å². The van der Waals surface area contributed by atoms with Crippen LogP contribution in [0.1, 0.15) is 46.7 Å². The average molecular weight is 519 g/mol. The van der Waals surface area contributed by atoms with Gasteiger partial charge in [-0.1, -0.05) is 115 Å². The zero-order chi connectivity index (χ0) is 26.7. The van der Waals surface area contributed by atoms with Crippen molar-refractivity contribution in [3.05, 3.63) is 143 Å². The summed E-state index contributed by atoms with van der Waals surface area (Å²) >= 11 is 0. The molecule has 39 heavy (non-hydrogen) atoms. The molecule has 1 aliphatic heterocycles. The van der Waals surface area contributed by atoms with E-state index < -0.39 is 17.7 Å². The zero-order valence-electron chi connectivity index (χ0n) is 21.9. The van der Waals surface area contributed by atoms with Crippen LogP contribution in [0.15, 0.2) is 115 Å². The average Bonchev–Trinajstić information content (AvgIpc) is 3.40. The van der Waals surface area contributed by atoms with E-state index in [2.05, 4.69) is 59.9 Å². The normalized spacial score (nSPS) is 19.8. The first-order chi connectivity index (χ1) is 19.2. The van der Waals surface area contributed by atoms with Crippen molar-refractivity contribution in [2.45, 2.75) is 43.1 Å². The Kier molecular flexibility index (Phi) is 7.18. The van der Waals surface area contributed by atoms with E-state index in [0.29, 0.717) is 6.54 Å². The molecule has 4 aromatic rings. The summed E-state index contributed by atoms with van der Waals surface area (Å²) in [6.07, 6.45) is 2.15. The van der Waals surface area contributed by atoms with Gasteiger partial charge in [-0.15, -0.1) is 0 Å². The fourth-order valence-electron chi connectivity index (χ4n) is 6.22. The number of ether oxygens (including phenoxy) is 1. The fourth-order valence-corrected chi connectivity index (χ4v) is 6.22. The van der Waals surface area contributed by atoms with Crippen LogP contribution in [0.3, 0.4) is 0 Å². The van der Waals surface area contributed by atoms with E-state index in [1.807, 2.05) is 65.6 Å². The van der Waals surface area contributed by atoms with E-state index in [-0.39, 0.29) is 18.7 Å². The molecule has 4 aromatic carbocycles. The van der Waals surface area contributed by atoms with E-state index in [9.17, 15) is 9.90 Å². The smallest absolute Gasteiger partial charge is 0.318 e. The number of amides is 2. The maximum Gasteiger partial charge on any atom is 0.318 e. The van der Waals surface area contributed by atoms with Gasteiger partial charge >= 0.3 is 6.03 Å². The van der Waals surface area contributed by atoms with Crippen LogP contribution < -0.4 is 5.32 Å². The Morgan fingerprint density at radius 3 is 1.95 bits per heavy atom. The van der Waals surface area contributed by atoms with Gasteiger partial charge in [0, 0.05) is 6.54 Å². The maximum atomic E-state index is 13.1. The number of aliphatic hydroxyl groups excluding tert-OH is 1. The summed E-state index contributed by atoms with van der Waals surface area (Å²) in [5.41, 5.74) is 4.55. The van der Waals surface area contributed by atoms with E-state index in [1.54, 1.807) is 0 Å². The monoisotopic (exact) mass is 518 g/mol. The van der Waals surface area contributed by atoms with Crippen LogP contribution in [0.5, 0.6) is 0 Å². The van der Waals surface area contributed by atoms with Crippen LogP contribution in [-0.4, -0.2) is 41.3 Å². The molecule has 2 aliphatic rings. The lowest BCUT2D eigenvalue weighted by atomic mass is 9.80. The molecule has 6 rings (SSSR count). The minimum atomic E-state index is -0.921. The van der Waals surface area contributed by atoms with Crippen LogP contribution in [0, 0.1) is 0 Å². The van der Waals surface area contributed by atoms with E-state index in [1.165, 1.54) is 11.1 Å². The summed E-state index contributed by atoms with van der Waals surface area (Å²) in [4.78, 5) is 15.0. The van der Waals surface area contributed by atoms with Crippen molar-refractivity contribution in [3.63, 3.8) is 0 Å². The lowest BCUT2D eigenvalue weighted by Gasteiger charge is -2.37. The number of rotatable bonds is 8. The second kappa shape index (κ2) is 11.0. The molecule has 2 N–H and O–H groups in total. The first kappa shape index (κ1) is 25.4. The summed E-state index contributed by atoms with van der Waals surface area (Å²) in [6, 6.07) is 38.3. The van der Waals surface area contributed by atoms with Crippen LogP contribution in [0.4, 0.5) is 4.79 Å². The largest absolute Gasteiger partial charge is 0.388 e. The van der Waals surface area contributed by atoms with Crippen molar-refractivity contribution < 1.29 is 14.6 Å². The van der Waals surface area contributed by atoms with Crippen LogP contribution in [-0.2, 0) is 16.8 Å². The molecule has 0 spiro atoms. The Morgan fingerprint density at radius 2 is 1.36 bits per heavy atom. The highest BCUT2D eigenvalue weighted by atomic mass is 16.5. The topological polar surface area (TPSA) is 61.8 Å². The van der Waals surface area contributed by atoms with E-state index in [4.69, 9.17) is 4.74 Å². The number of benzene rings is 4. The minimum Gasteiger partial charge on any atom is -0.388 e. The number of urea groups is 1. The highest BCUT2D eigenvalue weighted by Crippen LogP contribution is 2.41. The molecule has 2 amide bonds. The number of hydrogen-bond donors (Lipinski definition) is 2. The van der Waals surface area contributed by atoms with Gasteiger partial charge < -0.3 is 20.1 Å². The number of hydrogen-bond acceptors (Lipinski definition) is 3. The highest BCUT2D eigenvalue weighted by Gasteiger charge is 2.42. The van der Waals surface area contributed by atoms with Crippen molar-refractivity contribution >= 4 is 6.03 Å². The van der Waals surface area contributed by atoms with Gasteiger partial charge in [0.25, 0.3) is 0 Å². The predicted molar refractivity (Wildman–Crippen MR) is 152 cm³/mol. The molecule has 1 unspecified atom stereocenters. The third-order valence-corrected chi connectivity index (χ3v) is 8.15. The van der Waals surface area contributed by atoms with Gasteiger partial charge in [0.2, 0.25) is 0 Å². The Morgan fingerprint density at radius 1 is 0.821 bits per heavy atom. The van der Waals surface area contributed by atoms with Gasteiger partial charge in [-0.2, -0.15) is 0 Å². The summed E-state index contributed by atoms with van der Waals surface area (Å²) < 4.78 is 6.81. The molecule has 1 heterocycles. The lowest BCUT2D eigenvalue weighted by molar-refractivity contribution is -0.0463. The highest BCUT2D eigenvalue weighted by molar-refractivity contribution is 5.77. The second-order valence-corrected chi connectivity index (χ2v) is 10.5. The number of fused-ring (bicyclic) bond motifs is 1. The van der Waals surface area contributed by atoms with Gasteiger partial charge in [0.15, 0.2) is 0 Å². The summed E-state index contributed by atoms with van der Waals surface area (Å²) in [6.45, 7) is 0.496. The van der Waals surface area contributed by atoms with Crippen molar-refractivity contribution in [3.8, 4) is 0 Å². The van der Waals surface area contributed by atoms with Gasteiger partial charge in [-0.05, 0) is 47.1 Å². The molecule has 1 saturated heterocycles. The quantitative estimate of drug-likeness (QED) is 0.289. The lowest BCUT2D eigenvalue weighted by Crippen LogP contribution is -2.44. The Labute approximate surface area is 230 Å². The molecule has 5 nitrogen and oxygen atoms in total. The molecule has 0 aromatic heterocycles. The minimum absolute atomic E-state index is 0.0325. The van der Waals surface area contributed by atoms with Gasteiger partial charge in [0.1, 0.15) is 5.60 Å². The molecule has 1 aliphatic carbocycles. The van der Waals surface area contributed by atoms with Crippen LogP contribution in [0.2, 0.25) is 0 Å². The number of nitrogens with zero attached hydrogens (tertiary/aromatic N) is 1. The number of carbonyl (C=O) groups is 1. The Hall–Kier alpha value is -3.93. The van der Waals surface area contributed by atoms with E-state index in [0.717, 1.165) is 36.0 Å². The Bertz CT molecular complexity index is 1300. The molecule has 0 bridgehead atoms. The van der Waals surface area contributed by atoms with E-state index >= 15 is 0 Å². The molecule has 0 radical (unpaired) electrons. The molecular formula is C34H34N2O3.